The number of amides is 1. The second kappa shape index (κ2) is 6.34. The summed E-state index contributed by atoms with van der Waals surface area (Å²) < 4.78 is 11.6. The molecule has 2 rings (SSSR count). The molecule has 1 N–H and O–H groups in total. The van der Waals surface area contributed by atoms with Crippen LogP contribution in [-0.4, -0.2) is 48.7 Å². The van der Waals surface area contributed by atoms with E-state index in [-0.39, 0.29) is 12.5 Å². The molecule has 0 saturated carbocycles. The summed E-state index contributed by atoms with van der Waals surface area (Å²) in [6.45, 7) is 2.60. The van der Waals surface area contributed by atoms with Gasteiger partial charge in [-0.3, -0.25) is 9.59 Å². The van der Waals surface area contributed by atoms with Gasteiger partial charge in [-0.2, -0.15) is 0 Å². The zero-order valence-electron chi connectivity index (χ0n) is 11.8. The summed E-state index contributed by atoms with van der Waals surface area (Å²) in [5.41, 5.74) is 0.422. The Balaban J connectivity index is 2.19. The lowest BCUT2D eigenvalue weighted by atomic mass is 10.1. The highest BCUT2D eigenvalue weighted by Crippen LogP contribution is 2.38. The van der Waals surface area contributed by atoms with Crippen molar-refractivity contribution in [2.24, 2.45) is 5.92 Å². The average molecular weight is 358 g/mol. The molecule has 0 aliphatic carbocycles. The molecule has 0 bridgehead atoms. The van der Waals surface area contributed by atoms with Gasteiger partial charge in [0.25, 0.3) is 5.91 Å². The number of benzene rings is 1. The van der Waals surface area contributed by atoms with E-state index in [0.29, 0.717) is 34.7 Å². The number of carbonyl (C=O) groups excluding carboxylic acids is 1. The van der Waals surface area contributed by atoms with Gasteiger partial charge < -0.3 is 19.5 Å². The third kappa shape index (κ3) is 3.47. The topological polar surface area (TPSA) is 76.1 Å². The minimum atomic E-state index is -0.932. The molecule has 21 heavy (non-hydrogen) atoms. The van der Waals surface area contributed by atoms with Crippen LogP contribution >= 0.6 is 15.9 Å². The summed E-state index contributed by atoms with van der Waals surface area (Å²) in [4.78, 5) is 24.6. The SMILES string of the molecule is CC(CN(C)C(=O)c1cc(Br)c2c(c1)OCCO2)C(=O)O. The number of rotatable bonds is 4. The van der Waals surface area contributed by atoms with Gasteiger partial charge in [-0.15, -0.1) is 0 Å². The number of nitrogens with zero attached hydrogens (tertiary/aromatic N) is 1. The van der Waals surface area contributed by atoms with Crippen LogP contribution in [0, 0.1) is 5.92 Å². The quantitative estimate of drug-likeness (QED) is 0.891. The molecule has 1 amide bonds. The summed E-state index contributed by atoms with van der Waals surface area (Å²) >= 11 is 3.35. The Labute approximate surface area is 130 Å². The molecule has 1 atom stereocenters. The first-order valence-electron chi connectivity index (χ1n) is 6.47. The molecule has 1 heterocycles. The number of carboxylic acid groups (broad SMARTS) is 1. The van der Waals surface area contributed by atoms with E-state index in [4.69, 9.17) is 14.6 Å². The number of hydrogen-bond donors (Lipinski definition) is 1. The summed E-state index contributed by atoms with van der Waals surface area (Å²) in [5.74, 6) is -0.726. The van der Waals surface area contributed by atoms with E-state index in [9.17, 15) is 9.59 Å². The predicted octanol–water partition coefficient (Wildman–Crippen LogP) is 2.01. The van der Waals surface area contributed by atoms with Gasteiger partial charge in [-0.05, 0) is 28.1 Å². The number of carboxylic acids is 1. The first-order valence-corrected chi connectivity index (χ1v) is 7.27. The van der Waals surface area contributed by atoms with Crippen LogP contribution in [0.25, 0.3) is 0 Å². The smallest absolute Gasteiger partial charge is 0.308 e. The van der Waals surface area contributed by atoms with Crippen molar-refractivity contribution in [1.29, 1.82) is 0 Å². The van der Waals surface area contributed by atoms with E-state index in [1.807, 2.05) is 0 Å². The summed E-state index contributed by atoms with van der Waals surface area (Å²) in [6.07, 6.45) is 0. The lowest BCUT2D eigenvalue weighted by molar-refractivity contribution is -0.141. The highest BCUT2D eigenvalue weighted by molar-refractivity contribution is 9.10. The Bertz CT molecular complexity index is 575. The van der Waals surface area contributed by atoms with Crippen molar-refractivity contribution >= 4 is 27.8 Å². The fourth-order valence-electron chi connectivity index (χ4n) is 2.03. The fourth-order valence-corrected chi connectivity index (χ4v) is 2.58. The molecular weight excluding hydrogens is 342 g/mol. The molecule has 7 heteroatoms. The van der Waals surface area contributed by atoms with Crippen LogP contribution in [-0.2, 0) is 4.79 Å². The Hall–Kier alpha value is -1.76. The maximum Gasteiger partial charge on any atom is 0.308 e. The molecule has 114 valence electrons. The third-order valence-electron chi connectivity index (χ3n) is 3.16. The molecule has 1 aliphatic heterocycles. The monoisotopic (exact) mass is 357 g/mol. The Morgan fingerprint density at radius 3 is 2.71 bits per heavy atom. The van der Waals surface area contributed by atoms with Gasteiger partial charge in [0.15, 0.2) is 11.5 Å². The Kier molecular flexibility index (Phi) is 4.72. The molecule has 1 aromatic carbocycles. The van der Waals surface area contributed by atoms with Gasteiger partial charge in [0.05, 0.1) is 10.4 Å². The molecule has 0 aromatic heterocycles. The molecule has 1 aromatic rings. The lowest BCUT2D eigenvalue weighted by Crippen LogP contribution is -2.33. The summed E-state index contributed by atoms with van der Waals surface area (Å²) in [6, 6.07) is 3.27. The van der Waals surface area contributed by atoms with Crippen LogP contribution in [0.3, 0.4) is 0 Å². The van der Waals surface area contributed by atoms with Crippen LogP contribution in [0.2, 0.25) is 0 Å². The van der Waals surface area contributed by atoms with Crippen molar-refractivity contribution in [2.75, 3.05) is 26.8 Å². The number of aliphatic carboxylic acids is 1. The number of hydrogen-bond acceptors (Lipinski definition) is 4. The second-order valence-corrected chi connectivity index (χ2v) is 5.76. The van der Waals surface area contributed by atoms with E-state index in [1.165, 1.54) is 4.90 Å². The van der Waals surface area contributed by atoms with E-state index < -0.39 is 11.9 Å². The fraction of sp³-hybridized carbons (Fsp3) is 0.429. The minimum absolute atomic E-state index is 0.139. The molecule has 0 radical (unpaired) electrons. The van der Waals surface area contributed by atoms with Crippen molar-refractivity contribution in [3.63, 3.8) is 0 Å². The van der Waals surface area contributed by atoms with Crippen LogP contribution < -0.4 is 9.47 Å². The van der Waals surface area contributed by atoms with E-state index >= 15 is 0 Å². The minimum Gasteiger partial charge on any atom is -0.486 e. The van der Waals surface area contributed by atoms with Gasteiger partial charge in [-0.25, -0.2) is 0 Å². The maximum atomic E-state index is 12.4. The van der Waals surface area contributed by atoms with Crippen molar-refractivity contribution in [2.45, 2.75) is 6.92 Å². The molecule has 1 unspecified atom stereocenters. The van der Waals surface area contributed by atoms with Gasteiger partial charge in [0.2, 0.25) is 0 Å². The van der Waals surface area contributed by atoms with Gasteiger partial charge in [0, 0.05) is 19.2 Å². The van der Waals surface area contributed by atoms with Gasteiger partial charge in [-0.1, -0.05) is 6.92 Å². The lowest BCUT2D eigenvalue weighted by Gasteiger charge is -2.23. The predicted molar refractivity (Wildman–Crippen MR) is 78.9 cm³/mol. The second-order valence-electron chi connectivity index (χ2n) is 4.91. The number of ether oxygens (including phenoxy) is 2. The molecular formula is C14H16BrNO5. The number of carbonyl (C=O) groups is 2. The molecule has 0 spiro atoms. The summed E-state index contributed by atoms with van der Waals surface area (Å²) in [5, 5.41) is 8.90. The van der Waals surface area contributed by atoms with Gasteiger partial charge in [0.1, 0.15) is 13.2 Å². The zero-order valence-corrected chi connectivity index (χ0v) is 13.3. The number of fused-ring (bicyclic) bond motifs is 1. The van der Waals surface area contributed by atoms with Crippen molar-refractivity contribution in [3.05, 3.63) is 22.2 Å². The van der Waals surface area contributed by atoms with E-state index in [1.54, 1.807) is 26.1 Å². The Morgan fingerprint density at radius 2 is 2.05 bits per heavy atom. The van der Waals surface area contributed by atoms with Crippen LogP contribution in [0.15, 0.2) is 16.6 Å². The summed E-state index contributed by atoms with van der Waals surface area (Å²) in [7, 11) is 1.58. The molecule has 0 saturated heterocycles. The first kappa shape index (κ1) is 15.6. The third-order valence-corrected chi connectivity index (χ3v) is 3.75. The van der Waals surface area contributed by atoms with Gasteiger partial charge >= 0.3 is 5.97 Å². The maximum absolute atomic E-state index is 12.4. The first-order chi connectivity index (χ1) is 9.90. The van der Waals surface area contributed by atoms with Crippen LogP contribution in [0.4, 0.5) is 0 Å². The van der Waals surface area contributed by atoms with Crippen LogP contribution in [0.1, 0.15) is 17.3 Å². The average Bonchev–Trinajstić information content (AvgIpc) is 2.46. The molecule has 1 aliphatic rings. The normalized spacial score (nSPS) is 14.4. The van der Waals surface area contributed by atoms with E-state index in [2.05, 4.69) is 15.9 Å². The standard InChI is InChI=1S/C14H16BrNO5/c1-8(14(18)19)7-16(2)13(17)9-5-10(15)12-11(6-9)20-3-4-21-12/h5-6,8H,3-4,7H2,1-2H3,(H,18,19). The van der Waals surface area contributed by atoms with Crippen molar-refractivity contribution in [3.8, 4) is 11.5 Å². The highest BCUT2D eigenvalue weighted by Gasteiger charge is 2.22. The van der Waals surface area contributed by atoms with E-state index in [0.717, 1.165) is 0 Å². The van der Waals surface area contributed by atoms with Crippen molar-refractivity contribution in [1.82, 2.24) is 4.90 Å². The molecule has 6 nitrogen and oxygen atoms in total. The largest absolute Gasteiger partial charge is 0.486 e. The van der Waals surface area contributed by atoms with Crippen LogP contribution in [0.5, 0.6) is 11.5 Å². The highest BCUT2D eigenvalue weighted by atomic mass is 79.9. The number of halogens is 1. The Morgan fingerprint density at radius 1 is 1.38 bits per heavy atom. The molecule has 0 fully saturated rings. The zero-order chi connectivity index (χ0) is 15.6. The van der Waals surface area contributed by atoms with Crippen molar-refractivity contribution < 1.29 is 24.2 Å².